The molecule has 1 amide bonds. The predicted molar refractivity (Wildman–Crippen MR) is 30.5 cm³/mol. The van der Waals surface area contributed by atoms with Crippen molar-refractivity contribution in [2.45, 2.75) is 0 Å². The van der Waals surface area contributed by atoms with E-state index in [1.165, 1.54) is 7.11 Å². The lowest BCUT2D eigenvalue weighted by atomic mass is 10.7. The Morgan fingerprint density at radius 3 is 2.89 bits per heavy atom. The lowest BCUT2D eigenvalue weighted by Crippen LogP contribution is -2.29. The van der Waals surface area contributed by atoms with Gasteiger partial charge in [-0.3, -0.25) is 0 Å². The van der Waals surface area contributed by atoms with Gasteiger partial charge < -0.3 is 14.9 Å². The summed E-state index contributed by atoms with van der Waals surface area (Å²) in [7, 11) is 1.54. The molecule has 54 valence electrons. The highest BCUT2D eigenvalue weighted by atomic mass is 16.7. The summed E-state index contributed by atoms with van der Waals surface area (Å²) in [6.45, 7) is 0.863. The van der Waals surface area contributed by atoms with Crippen molar-refractivity contribution in [3.05, 3.63) is 0 Å². The van der Waals surface area contributed by atoms with Crippen molar-refractivity contribution >= 4 is 6.09 Å². The Morgan fingerprint density at radius 2 is 2.44 bits per heavy atom. The van der Waals surface area contributed by atoms with Crippen molar-refractivity contribution in [2.24, 2.45) is 5.90 Å². The Morgan fingerprint density at radius 1 is 1.78 bits per heavy atom. The first-order chi connectivity index (χ1) is 4.31. The van der Waals surface area contributed by atoms with E-state index in [1.54, 1.807) is 0 Å². The number of hydrogen-bond donors (Lipinski definition) is 2. The van der Waals surface area contributed by atoms with E-state index in [0.29, 0.717) is 13.2 Å². The van der Waals surface area contributed by atoms with Gasteiger partial charge in [0.05, 0.1) is 6.61 Å². The lowest BCUT2D eigenvalue weighted by Gasteiger charge is -1.99. The van der Waals surface area contributed by atoms with Crippen molar-refractivity contribution in [3.8, 4) is 0 Å². The highest BCUT2D eigenvalue weighted by Crippen LogP contribution is 1.67. The van der Waals surface area contributed by atoms with Crippen molar-refractivity contribution in [1.82, 2.24) is 5.32 Å². The molecule has 0 radical (unpaired) electrons. The van der Waals surface area contributed by atoms with Crippen LogP contribution in [0.4, 0.5) is 4.79 Å². The van der Waals surface area contributed by atoms with Crippen LogP contribution in [-0.4, -0.2) is 26.4 Å². The molecule has 9 heavy (non-hydrogen) atoms. The zero-order valence-corrected chi connectivity index (χ0v) is 5.22. The van der Waals surface area contributed by atoms with Gasteiger partial charge in [0.2, 0.25) is 0 Å². The third-order valence-electron chi connectivity index (χ3n) is 0.683. The maximum Gasteiger partial charge on any atom is 0.425 e. The number of carbonyl (C=O) groups excluding carboxylic acids is 1. The fourth-order valence-corrected chi connectivity index (χ4v) is 0.297. The summed E-state index contributed by atoms with van der Waals surface area (Å²) in [4.78, 5) is 14.0. The first-order valence-electron chi connectivity index (χ1n) is 2.44. The molecule has 0 atom stereocenters. The highest BCUT2D eigenvalue weighted by Gasteiger charge is 1.94. The van der Waals surface area contributed by atoms with Gasteiger partial charge in [-0.2, -0.15) is 5.90 Å². The number of nitrogens with two attached hydrogens (primary N) is 1. The van der Waals surface area contributed by atoms with E-state index in [4.69, 9.17) is 0 Å². The van der Waals surface area contributed by atoms with Gasteiger partial charge in [0, 0.05) is 13.7 Å². The van der Waals surface area contributed by atoms with Crippen molar-refractivity contribution in [1.29, 1.82) is 0 Å². The molecule has 0 aromatic rings. The van der Waals surface area contributed by atoms with E-state index in [9.17, 15) is 4.79 Å². The molecule has 0 fully saturated rings. The van der Waals surface area contributed by atoms with Gasteiger partial charge in [0.1, 0.15) is 0 Å². The minimum Gasteiger partial charge on any atom is -0.383 e. The molecule has 0 aromatic heterocycles. The second-order valence-electron chi connectivity index (χ2n) is 1.32. The largest absolute Gasteiger partial charge is 0.425 e. The third-order valence-corrected chi connectivity index (χ3v) is 0.683. The van der Waals surface area contributed by atoms with Gasteiger partial charge in [-0.1, -0.05) is 0 Å². The quantitative estimate of drug-likeness (QED) is 0.392. The summed E-state index contributed by atoms with van der Waals surface area (Å²) >= 11 is 0. The molecule has 0 saturated heterocycles. The molecule has 0 spiro atoms. The van der Waals surface area contributed by atoms with Crippen LogP contribution >= 0.6 is 0 Å². The van der Waals surface area contributed by atoms with E-state index in [-0.39, 0.29) is 0 Å². The maximum atomic E-state index is 10.2. The molecule has 0 aromatic carbocycles. The predicted octanol–water partition coefficient (Wildman–Crippen LogP) is -0.767. The molecule has 5 heteroatoms. The number of rotatable bonds is 3. The molecular formula is C4H10N2O3. The van der Waals surface area contributed by atoms with Gasteiger partial charge in [-0.25, -0.2) is 4.79 Å². The van der Waals surface area contributed by atoms with Crippen LogP contribution in [0.5, 0.6) is 0 Å². The Balaban J connectivity index is 2.97. The monoisotopic (exact) mass is 134 g/mol. The summed E-state index contributed by atoms with van der Waals surface area (Å²) in [6, 6.07) is 0. The average molecular weight is 134 g/mol. The van der Waals surface area contributed by atoms with Crippen LogP contribution in [0.1, 0.15) is 0 Å². The summed E-state index contributed by atoms with van der Waals surface area (Å²) in [6.07, 6.45) is -0.646. The van der Waals surface area contributed by atoms with Crippen LogP contribution in [-0.2, 0) is 9.57 Å². The van der Waals surface area contributed by atoms with E-state index in [2.05, 4.69) is 20.8 Å². The Labute approximate surface area is 53.1 Å². The summed E-state index contributed by atoms with van der Waals surface area (Å²) < 4.78 is 4.63. The number of hydrogen-bond acceptors (Lipinski definition) is 4. The highest BCUT2D eigenvalue weighted by molar-refractivity contribution is 5.66. The molecule has 3 N–H and O–H groups in total. The van der Waals surface area contributed by atoms with Gasteiger partial charge in [0.15, 0.2) is 0 Å². The third kappa shape index (κ3) is 5.05. The minimum atomic E-state index is -0.646. The Bertz CT molecular complexity index is 85.9. The first kappa shape index (κ1) is 8.19. The standard InChI is InChI=1S/C4H10N2O3/c1-8-3-2-6-4(7)9-5/h2-3,5H2,1H3,(H,6,7). The van der Waals surface area contributed by atoms with E-state index in [0.717, 1.165) is 0 Å². The fourth-order valence-electron chi connectivity index (χ4n) is 0.297. The van der Waals surface area contributed by atoms with Gasteiger partial charge in [-0.05, 0) is 0 Å². The SMILES string of the molecule is COCCNC(=O)ON. The minimum absolute atomic E-state index is 0.409. The van der Waals surface area contributed by atoms with E-state index in [1.807, 2.05) is 0 Å². The van der Waals surface area contributed by atoms with Crippen LogP contribution < -0.4 is 11.2 Å². The van der Waals surface area contributed by atoms with Crippen molar-refractivity contribution in [2.75, 3.05) is 20.3 Å². The fraction of sp³-hybridized carbons (Fsp3) is 0.750. The van der Waals surface area contributed by atoms with Crippen LogP contribution in [0.15, 0.2) is 0 Å². The average Bonchev–Trinajstić information content (AvgIpc) is 1.89. The molecule has 0 rings (SSSR count). The zero-order valence-electron chi connectivity index (χ0n) is 5.22. The van der Waals surface area contributed by atoms with E-state index < -0.39 is 6.09 Å². The van der Waals surface area contributed by atoms with Crippen LogP contribution in [0.3, 0.4) is 0 Å². The van der Waals surface area contributed by atoms with Crippen LogP contribution in [0, 0.1) is 0 Å². The summed E-state index contributed by atoms with van der Waals surface area (Å²) in [5, 5.41) is 2.32. The Hall–Kier alpha value is -0.810. The summed E-state index contributed by atoms with van der Waals surface area (Å²) in [5.74, 6) is 4.50. The van der Waals surface area contributed by atoms with Crippen LogP contribution in [0.2, 0.25) is 0 Å². The molecule has 5 nitrogen and oxygen atoms in total. The van der Waals surface area contributed by atoms with Gasteiger partial charge in [-0.15, -0.1) is 0 Å². The molecular weight excluding hydrogens is 124 g/mol. The van der Waals surface area contributed by atoms with Crippen molar-refractivity contribution in [3.63, 3.8) is 0 Å². The molecule has 0 unspecified atom stereocenters. The topological polar surface area (TPSA) is 73.6 Å². The molecule has 0 heterocycles. The lowest BCUT2D eigenvalue weighted by molar-refractivity contribution is 0.140. The van der Waals surface area contributed by atoms with Gasteiger partial charge >= 0.3 is 6.09 Å². The molecule has 0 aliphatic carbocycles. The zero-order chi connectivity index (χ0) is 7.11. The number of nitrogens with one attached hydrogen (secondary N) is 1. The molecule has 0 saturated carbocycles. The number of ether oxygens (including phenoxy) is 1. The molecule has 0 aliphatic heterocycles. The number of carbonyl (C=O) groups is 1. The first-order valence-corrected chi connectivity index (χ1v) is 2.44. The maximum absolute atomic E-state index is 10.2. The second kappa shape index (κ2) is 5.33. The summed E-state index contributed by atoms with van der Waals surface area (Å²) in [5.41, 5.74) is 0. The van der Waals surface area contributed by atoms with Crippen LogP contribution in [0.25, 0.3) is 0 Å². The molecule has 0 aliphatic rings. The van der Waals surface area contributed by atoms with E-state index >= 15 is 0 Å². The van der Waals surface area contributed by atoms with Crippen molar-refractivity contribution < 1.29 is 14.4 Å². The second-order valence-corrected chi connectivity index (χ2v) is 1.32. The number of amides is 1. The Kier molecular flexibility index (Phi) is 4.85. The van der Waals surface area contributed by atoms with Gasteiger partial charge in [0.25, 0.3) is 0 Å². The normalized spacial score (nSPS) is 8.67. The molecule has 0 bridgehead atoms. The smallest absolute Gasteiger partial charge is 0.383 e. The number of methoxy groups -OCH3 is 1.